The van der Waals surface area contributed by atoms with Gasteiger partial charge in [-0.25, -0.2) is 13.1 Å². The Balaban J connectivity index is 1.89. The molecule has 0 saturated carbocycles. The zero-order valence-corrected chi connectivity index (χ0v) is 16.5. The lowest BCUT2D eigenvalue weighted by atomic mass is 10.0. The highest BCUT2D eigenvalue weighted by Crippen LogP contribution is 2.27. The first-order chi connectivity index (χ1) is 13.3. The number of benzene rings is 2. The molecule has 1 aliphatic rings. The average Bonchev–Trinajstić information content (AvgIpc) is 2.67. The summed E-state index contributed by atoms with van der Waals surface area (Å²) in [6.07, 6.45) is 0.673. The lowest BCUT2D eigenvalue weighted by molar-refractivity contribution is -0.141. The molecular formula is C20H22N2O5S. The minimum absolute atomic E-state index is 0.0845. The summed E-state index contributed by atoms with van der Waals surface area (Å²) in [6.45, 7) is 1.93. The molecule has 28 heavy (non-hydrogen) atoms. The molecule has 0 fully saturated rings. The Morgan fingerprint density at radius 3 is 2.57 bits per heavy atom. The van der Waals surface area contributed by atoms with Crippen LogP contribution in [-0.2, 0) is 30.8 Å². The number of anilines is 1. The Labute approximate surface area is 164 Å². The van der Waals surface area contributed by atoms with Crippen molar-refractivity contribution in [3.63, 3.8) is 0 Å². The first-order valence-corrected chi connectivity index (χ1v) is 10.4. The number of methoxy groups -OCH3 is 1. The van der Waals surface area contributed by atoms with Gasteiger partial charge in [-0.15, -0.1) is 0 Å². The second-order valence-corrected chi connectivity index (χ2v) is 8.45. The van der Waals surface area contributed by atoms with E-state index < -0.39 is 22.0 Å². The normalized spacial score (nSPS) is 14.7. The molecule has 0 radical (unpaired) electrons. The van der Waals surface area contributed by atoms with Crippen LogP contribution in [-0.4, -0.2) is 27.4 Å². The minimum Gasteiger partial charge on any atom is -0.469 e. The number of amides is 1. The van der Waals surface area contributed by atoms with Gasteiger partial charge in [0.05, 0.1) is 24.5 Å². The van der Waals surface area contributed by atoms with E-state index in [4.69, 9.17) is 4.74 Å². The van der Waals surface area contributed by atoms with Crippen molar-refractivity contribution < 1.29 is 22.7 Å². The lowest BCUT2D eigenvalue weighted by Gasteiger charge is -2.20. The van der Waals surface area contributed by atoms with Crippen molar-refractivity contribution >= 4 is 27.6 Å². The number of ether oxygens (including phenoxy) is 1. The minimum atomic E-state index is -3.89. The third-order valence-corrected chi connectivity index (χ3v) is 6.13. The van der Waals surface area contributed by atoms with Crippen molar-refractivity contribution in [1.82, 2.24) is 4.72 Å². The summed E-state index contributed by atoms with van der Waals surface area (Å²) in [4.78, 5) is 23.4. The summed E-state index contributed by atoms with van der Waals surface area (Å²) in [5, 5.41) is 2.73. The fraction of sp³-hybridized carbons (Fsp3) is 0.300. The van der Waals surface area contributed by atoms with E-state index in [1.54, 1.807) is 24.3 Å². The topological polar surface area (TPSA) is 102 Å². The molecule has 1 aliphatic heterocycles. The van der Waals surface area contributed by atoms with Crippen LogP contribution in [0.5, 0.6) is 0 Å². The van der Waals surface area contributed by atoms with Crippen LogP contribution in [0.25, 0.3) is 0 Å². The van der Waals surface area contributed by atoms with E-state index in [1.807, 2.05) is 19.1 Å². The number of fused-ring (bicyclic) bond motifs is 1. The summed E-state index contributed by atoms with van der Waals surface area (Å²) < 4.78 is 33.2. The molecular weight excluding hydrogens is 380 g/mol. The number of carbonyl (C=O) groups is 2. The van der Waals surface area contributed by atoms with Gasteiger partial charge in [-0.1, -0.05) is 29.8 Å². The maximum absolute atomic E-state index is 13.0. The second kappa shape index (κ2) is 8.12. The summed E-state index contributed by atoms with van der Waals surface area (Å²) in [5.41, 5.74) is 3.09. The predicted octanol–water partition coefficient (Wildman–Crippen LogP) is 2.46. The molecule has 7 nitrogen and oxygen atoms in total. The van der Waals surface area contributed by atoms with Gasteiger partial charge >= 0.3 is 5.97 Å². The maximum Gasteiger partial charge on any atom is 0.307 e. The third-order valence-electron chi connectivity index (χ3n) is 4.66. The van der Waals surface area contributed by atoms with Gasteiger partial charge < -0.3 is 10.1 Å². The number of sulfonamides is 1. The Morgan fingerprint density at radius 2 is 1.89 bits per heavy atom. The highest BCUT2D eigenvalue weighted by atomic mass is 32.2. The van der Waals surface area contributed by atoms with E-state index >= 15 is 0 Å². The van der Waals surface area contributed by atoms with Crippen LogP contribution < -0.4 is 10.0 Å². The van der Waals surface area contributed by atoms with E-state index in [0.717, 1.165) is 11.1 Å². The van der Waals surface area contributed by atoms with Crippen LogP contribution in [0, 0.1) is 6.92 Å². The van der Waals surface area contributed by atoms with Crippen molar-refractivity contribution in [2.45, 2.75) is 37.1 Å². The molecule has 2 aromatic carbocycles. The predicted molar refractivity (Wildman–Crippen MR) is 104 cm³/mol. The highest BCUT2D eigenvalue weighted by Gasteiger charge is 2.25. The Morgan fingerprint density at radius 1 is 1.18 bits per heavy atom. The molecule has 2 N–H and O–H groups in total. The van der Waals surface area contributed by atoms with Gasteiger partial charge in [0.15, 0.2) is 0 Å². The maximum atomic E-state index is 13.0. The number of rotatable bonds is 6. The quantitative estimate of drug-likeness (QED) is 0.723. The first-order valence-electron chi connectivity index (χ1n) is 8.87. The number of nitrogens with one attached hydrogen (secondary N) is 2. The van der Waals surface area contributed by atoms with Crippen LogP contribution in [0.2, 0.25) is 0 Å². The number of carbonyl (C=O) groups excluding carboxylic acids is 2. The number of aryl methyl sites for hydroxylation is 2. The van der Waals surface area contributed by atoms with Crippen LogP contribution in [0.3, 0.4) is 0 Å². The molecule has 3 rings (SSSR count). The molecule has 8 heteroatoms. The number of hydrogen-bond acceptors (Lipinski definition) is 5. The summed E-state index contributed by atoms with van der Waals surface area (Å²) in [6, 6.07) is 11.1. The molecule has 1 amide bonds. The summed E-state index contributed by atoms with van der Waals surface area (Å²) in [5.74, 6) is -0.597. The van der Waals surface area contributed by atoms with E-state index in [0.29, 0.717) is 24.1 Å². The van der Waals surface area contributed by atoms with Crippen LogP contribution in [0.4, 0.5) is 5.69 Å². The molecule has 0 saturated heterocycles. The zero-order valence-electron chi connectivity index (χ0n) is 15.7. The second-order valence-electron chi connectivity index (χ2n) is 6.73. The molecule has 0 aromatic heterocycles. The standard InChI is InChI=1S/C20H22N2O5S/c1-13-3-5-14(6-4-13)18(12-20(24)27-2)22-28(25,26)16-8-9-17-15(11-16)7-10-19(23)21-17/h3-6,8-9,11,18,22H,7,10,12H2,1-2H3,(H,21,23)/t18-/m0/s1. The van der Waals surface area contributed by atoms with E-state index in [1.165, 1.54) is 13.2 Å². The van der Waals surface area contributed by atoms with Crippen LogP contribution in [0.1, 0.15) is 35.6 Å². The smallest absolute Gasteiger partial charge is 0.307 e. The van der Waals surface area contributed by atoms with E-state index in [-0.39, 0.29) is 17.2 Å². The average molecular weight is 402 g/mol. The molecule has 0 bridgehead atoms. The molecule has 1 atom stereocenters. The molecule has 0 aliphatic carbocycles. The number of esters is 1. The van der Waals surface area contributed by atoms with Gasteiger partial charge in [0.2, 0.25) is 15.9 Å². The van der Waals surface area contributed by atoms with Gasteiger partial charge in [0.25, 0.3) is 0 Å². The molecule has 148 valence electrons. The summed E-state index contributed by atoms with van der Waals surface area (Å²) >= 11 is 0. The van der Waals surface area contributed by atoms with Crippen molar-refractivity contribution in [1.29, 1.82) is 0 Å². The lowest BCUT2D eigenvalue weighted by Crippen LogP contribution is -2.31. The van der Waals surface area contributed by atoms with Gasteiger partial charge in [-0.2, -0.15) is 0 Å². The zero-order chi connectivity index (χ0) is 20.3. The fourth-order valence-electron chi connectivity index (χ4n) is 3.06. The van der Waals surface area contributed by atoms with Crippen molar-refractivity contribution in [3.8, 4) is 0 Å². The van der Waals surface area contributed by atoms with E-state index in [9.17, 15) is 18.0 Å². The van der Waals surface area contributed by atoms with Gasteiger partial charge in [-0.05, 0) is 42.7 Å². The van der Waals surface area contributed by atoms with Gasteiger partial charge in [0, 0.05) is 12.1 Å². The number of hydrogen-bond donors (Lipinski definition) is 2. The largest absolute Gasteiger partial charge is 0.469 e. The molecule has 0 spiro atoms. The van der Waals surface area contributed by atoms with Crippen LogP contribution >= 0.6 is 0 Å². The van der Waals surface area contributed by atoms with Crippen molar-refractivity contribution in [3.05, 3.63) is 59.2 Å². The van der Waals surface area contributed by atoms with Crippen molar-refractivity contribution in [2.24, 2.45) is 0 Å². The van der Waals surface area contributed by atoms with Gasteiger partial charge in [0.1, 0.15) is 0 Å². The summed E-state index contributed by atoms with van der Waals surface area (Å²) in [7, 11) is -2.62. The Hall–Kier alpha value is -2.71. The molecule has 2 aromatic rings. The van der Waals surface area contributed by atoms with Crippen LogP contribution in [0.15, 0.2) is 47.4 Å². The highest BCUT2D eigenvalue weighted by molar-refractivity contribution is 7.89. The monoisotopic (exact) mass is 402 g/mol. The van der Waals surface area contributed by atoms with Crippen molar-refractivity contribution in [2.75, 3.05) is 12.4 Å². The molecule has 0 unspecified atom stereocenters. The fourth-order valence-corrected chi connectivity index (χ4v) is 4.33. The van der Waals surface area contributed by atoms with Gasteiger partial charge in [-0.3, -0.25) is 9.59 Å². The Bertz CT molecular complexity index is 1000. The SMILES string of the molecule is COC(=O)C[C@H](NS(=O)(=O)c1ccc2c(c1)CCC(=O)N2)c1ccc(C)cc1. The Kier molecular flexibility index (Phi) is 5.81. The first kappa shape index (κ1) is 20.0. The third kappa shape index (κ3) is 4.58. The molecule has 1 heterocycles. The van der Waals surface area contributed by atoms with E-state index in [2.05, 4.69) is 10.0 Å².